The smallest absolute Gasteiger partial charge is 0.261 e. The molecule has 0 saturated carbocycles. The number of rotatable bonds is 7. The van der Waals surface area contributed by atoms with Gasteiger partial charge in [0, 0.05) is 25.1 Å². The minimum Gasteiger partial charge on any atom is -0.384 e. The molecule has 2 aromatic rings. The number of hydrogen-bond acceptors (Lipinski definition) is 5. The highest BCUT2D eigenvalue weighted by Gasteiger charge is 2.21. The van der Waals surface area contributed by atoms with Crippen LogP contribution in [0.5, 0.6) is 0 Å². The molecule has 0 aliphatic carbocycles. The van der Waals surface area contributed by atoms with Gasteiger partial charge in [0.25, 0.3) is 10.0 Å². The summed E-state index contributed by atoms with van der Waals surface area (Å²) < 4.78 is 54.3. The molecular formula is C16H20BrN3O4S2. The number of nitrogens with one attached hydrogen (secondary N) is 2. The van der Waals surface area contributed by atoms with Gasteiger partial charge in [0.1, 0.15) is 0 Å². The van der Waals surface area contributed by atoms with Crippen LogP contribution in [0.1, 0.15) is 6.92 Å². The Morgan fingerprint density at radius 3 is 2.04 bits per heavy atom. The third kappa shape index (κ3) is 4.56. The number of anilines is 2. The summed E-state index contributed by atoms with van der Waals surface area (Å²) in [6, 6.07) is 10.4. The van der Waals surface area contributed by atoms with Gasteiger partial charge in [0.2, 0.25) is 10.0 Å². The molecule has 0 aromatic heterocycles. The Bertz CT molecular complexity index is 989. The molecule has 0 fully saturated rings. The van der Waals surface area contributed by atoms with Crippen LogP contribution in [0.4, 0.5) is 11.4 Å². The van der Waals surface area contributed by atoms with E-state index in [4.69, 9.17) is 0 Å². The fourth-order valence-corrected chi connectivity index (χ4v) is 4.40. The zero-order valence-electron chi connectivity index (χ0n) is 14.5. The maximum absolute atomic E-state index is 12.7. The Labute approximate surface area is 162 Å². The molecule has 2 aromatic carbocycles. The van der Waals surface area contributed by atoms with E-state index >= 15 is 0 Å². The average molecular weight is 462 g/mol. The van der Waals surface area contributed by atoms with Gasteiger partial charge in [0.05, 0.1) is 21.2 Å². The molecule has 0 bridgehead atoms. The van der Waals surface area contributed by atoms with Crippen molar-refractivity contribution < 1.29 is 16.8 Å². The van der Waals surface area contributed by atoms with E-state index in [9.17, 15) is 16.8 Å². The molecule has 0 amide bonds. The van der Waals surface area contributed by atoms with Crippen LogP contribution in [-0.2, 0) is 20.0 Å². The second-order valence-electron chi connectivity index (χ2n) is 5.58. The van der Waals surface area contributed by atoms with Crippen molar-refractivity contribution in [2.45, 2.75) is 16.7 Å². The molecule has 0 aliphatic heterocycles. The lowest BCUT2D eigenvalue weighted by atomic mass is 10.2. The Hall–Kier alpha value is -1.62. The molecule has 7 nitrogen and oxygen atoms in total. The molecule has 0 atom stereocenters. The van der Waals surface area contributed by atoms with Crippen molar-refractivity contribution in [3.8, 4) is 0 Å². The highest BCUT2D eigenvalue weighted by molar-refractivity contribution is 9.10. The first-order chi connectivity index (χ1) is 12.1. The molecule has 142 valence electrons. The first kappa shape index (κ1) is 20.7. The molecule has 0 unspecified atom stereocenters. The minimum atomic E-state index is -3.87. The van der Waals surface area contributed by atoms with E-state index in [1.54, 1.807) is 18.2 Å². The maximum Gasteiger partial charge on any atom is 0.261 e. The first-order valence-corrected chi connectivity index (χ1v) is 11.4. The predicted octanol–water partition coefficient (Wildman–Crippen LogP) is 2.93. The normalized spacial score (nSPS) is 12.2. The summed E-state index contributed by atoms with van der Waals surface area (Å²) in [6.45, 7) is 2.41. The van der Waals surface area contributed by atoms with E-state index in [1.165, 1.54) is 38.4 Å². The highest BCUT2D eigenvalue weighted by Crippen LogP contribution is 2.29. The van der Waals surface area contributed by atoms with Crippen molar-refractivity contribution in [3.63, 3.8) is 0 Å². The largest absolute Gasteiger partial charge is 0.384 e. The van der Waals surface area contributed by atoms with Crippen LogP contribution in [0, 0.1) is 0 Å². The van der Waals surface area contributed by atoms with Crippen molar-refractivity contribution in [3.05, 3.63) is 46.9 Å². The fraction of sp³-hybridized carbons (Fsp3) is 0.250. The molecule has 0 heterocycles. The Kier molecular flexibility index (Phi) is 6.33. The zero-order valence-corrected chi connectivity index (χ0v) is 17.7. The Morgan fingerprint density at radius 1 is 0.923 bits per heavy atom. The molecule has 0 saturated heterocycles. The lowest BCUT2D eigenvalue weighted by molar-refractivity contribution is 0.521. The van der Waals surface area contributed by atoms with Gasteiger partial charge in [-0.3, -0.25) is 4.72 Å². The summed E-state index contributed by atoms with van der Waals surface area (Å²) in [7, 11) is -4.73. The minimum absolute atomic E-state index is 0.00217. The van der Waals surface area contributed by atoms with Gasteiger partial charge in [-0.1, -0.05) is 15.9 Å². The van der Waals surface area contributed by atoms with Gasteiger partial charge >= 0.3 is 0 Å². The first-order valence-electron chi connectivity index (χ1n) is 7.67. The standard InChI is InChI=1S/C16H20BrN3O4S2/c1-4-18-15-10-9-14(26(23,24)20(2)3)11-16(15)19-25(21,22)13-7-5-12(17)6-8-13/h5-11,18-19H,4H2,1-3H3. The van der Waals surface area contributed by atoms with Gasteiger partial charge in [0.15, 0.2) is 0 Å². The van der Waals surface area contributed by atoms with Crippen molar-refractivity contribution >= 4 is 47.4 Å². The van der Waals surface area contributed by atoms with Crippen molar-refractivity contribution in [1.29, 1.82) is 0 Å². The van der Waals surface area contributed by atoms with Gasteiger partial charge in [-0.25, -0.2) is 21.1 Å². The average Bonchev–Trinajstić information content (AvgIpc) is 2.56. The summed E-state index contributed by atoms with van der Waals surface area (Å²) in [5, 5.41) is 3.02. The second-order valence-corrected chi connectivity index (χ2v) is 10.3. The molecule has 0 spiro atoms. The fourth-order valence-electron chi connectivity index (χ4n) is 2.14. The molecule has 26 heavy (non-hydrogen) atoms. The molecule has 0 aliphatic rings. The number of benzene rings is 2. The molecule has 0 radical (unpaired) electrons. The molecule has 2 rings (SSSR count). The van der Waals surface area contributed by atoms with Gasteiger partial charge in [-0.05, 0) is 49.4 Å². The number of sulfonamides is 2. The van der Waals surface area contributed by atoms with Crippen LogP contribution >= 0.6 is 15.9 Å². The van der Waals surface area contributed by atoms with Crippen LogP contribution in [0.15, 0.2) is 56.7 Å². The second kappa shape index (κ2) is 7.95. The van der Waals surface area contributed by atoms with Gasteiger partial charge in [-0.15, -0.1) is 0 Å². The summed E-state index contributed by atoms with van der Waals surface area (Å²) in [5.74, 6) is 0. The van der Waals surface area contributed by atoms with Crippen LogP contribution < -0.4 is 10.0 Å². The quantitative estimate of drug-likeness (QED) is 0.660. The Morgan fingerprint density at radius 2 is 1.50 bits per heavy atom. The van der Waals surface area contributed by atoms with Gasteiger partial charge in [-0.2, -0.15) is 0 Å². The Balaban J connectivity index is 2.50. The highest BCUT2D eigenvalue weighted by atomic mass is 79.9. The summed E-state index contributed by atoms with van der Waals surface area (Å²) >= 11 is 3.26. The number of nitrogens with zero attached hydrogens (tertiary/aromatic N) is 1. The lowest BCUT2D eigenvalue weighted by Crippen LogP contribution is -2.22. The SMILES string of the molecule is CCNc1ccc(S(=O)(=O)N(C)C)cc1NS(=O)(=O)c1ccc(Br)cc1. The van der Waals surface area contributed by atoms with E-state index < -0.39 is 20.0 Å². The van der Waals surface area contributed by atoms with Crippen molar-refractivity contribution in [2.75, 3.05) is 30.7 Å². The van der Waals surface area contributed by atoms with Crippen molar-refractivity contribution in [1.82, 2.24) is 4.31 Å². The van der Waals surface area contributed by atoms with Crippen LogP contribution in [0.3, 0.4) is 0 Å². The van der Waals surface area contributed by atoms with E-state index in [0.29, 0.717) is 12.2 Å². The lowest BCUT2D eigenvalue weighted by Gasteiger charge is -2.17. The third-order valence-corrected chi connectivity index (χ3v) is 7.23. The monoisotopic (exact) mass is 461 g/mol. The van der Waals surface area contributed by atoms with E-state index in [-0.39, 0.29) is 15.5 Å². The third-order valence-electron chi connectivity index (χ3n) is 3.51. The van der Waals surface area contributed by atoms with Crippen LogP contribution in [-0.4, -0.2) is 41.8 Å². The maximum atomic E-state index is 12.7. The predicted molar refractivity (Wildman–Crippen MR) is 106 cm³/mol. The van der Waals surface area contributed by atoms with E-state index in [0.717, 1.165) is 8.78 Å². The number of halogens is 1. The topological polar surface area (TPSA) is 95.6 Å². The molecule has 10 heteroatoms. The molecular weight excluding hydrogens is 442 g/mol. The molecule has 2 N–H and O–H groups in total. The van der Waals surface area contributed by atoms with Crippen LogP contribution in [0.2, 0.25) is 0 Å². The van der Waals surface area contributed by atoms with Crippen molar-refractivity contribution in [2.24, 2.45) is 0 Å². The van der Waals surface area contributed by atoms with E-state index in [1.807, 2.05) is 6.92 Å². The number of hydrogen-bond donors (Lipinski definition) is 2. The summed E-state index contributed by atoms with van der Waals surface area (Å²) in [4.78, 5) is 0.0710. The summed E-state index contributed by atoms with van der Waals surface area (Å²) in [5.41, 5.74) is 0.656. The van der Waals surface area contributed by atoms with E-state index in [2.05, 4.69) is 26.0 Å². The van der Waals surface area contributed by atoms with Gasteiger partial charge < -0.3 is 5.32 Å². The van der Waals surface area contributed by atoms with Crippen LogP contribution in [0.25, 0.3) is 0 Å². The zero-order chi connectivity index (χ0) is 19.5. The summed E-state index contributed by atoms with van der Waals surface area (Å²) in [6.07, 6.45) is 0.